The predicted octanol–water partition coefficient (Wildman–Crippen LogP) is 6.28. The standard InChI is InChI=1S/C26H28ClN3O3S/c1-5-16(26-20(28-3)12-23(34-26)21(31)6-2)17-11-15(27)9-14-10-22(32-24(14)17)25-18-13-30(4)8-7-19(18)29-33-25/h5,9,11-12,21-22,31H,3,6-8,10,13H2,1-2,4H3/b16-5-. The number of aliphatic hydroxyl groups is 1. The number of ether oxygens (including phenoxy) is 1. The average Bonchev–Trinajstić information content (AvgIpc) is 3.55. The zero-order chi connectivity index (χ0) is 24.0. The first-order valence-corrected chi connectivity index (χ1v) is 12.7. The number of aliphatic hydroxyl groups excluding tert-OH is 1. The Labute approximate surface area is 208 Å². The molecule has 6 nitrogen and oxygen atoms in total. The number of fused-ring (bicyclic) bond motifs is 2. The van der Waals surface area contributed by atoms with E-state index in [1.165, 1.54) is 11.3 Å². The molecule has 0 saturated heterocycles. The Morgan fingerprint density at radius 2 is 2.26 bits per heavy atom. The van der Waals surface area contributed by atoms with E-state index in [0.717, 1.165) is 74.4 Å². The molecular weight excluding hydrogens is 470 g/mol. The Hall–Kier alpha value is -2.45. The van der Waals surface area contributed by atoms with E-state index in [1.54, 1.807) is 0 Å². The molecule has 2 aliphatic heterocycles. The molecule has 0 saturated carbocycles. The number of likely N-dealkylation sites (N-methyl/N-ethyl adjacent to an activating group) is 1. The van der Waals surface area contributed by atoms with E-state index in [9.17, 15) is 5.11 Å². The molecule has 178 valence electrons. The highest BCUT2D eigenvalue weighted by atomic mass is 35.5. The van der Waals surface area contributed by atoms with Crippen molar-refractivity contribution in [2.75, 3.05) is 13.6 Å². The van der Waals surface area contributed by atoms with Crippen molar-refractivity contribution in [1.29, 1.82) is 0 Å². The van der Waals surface area contributed by atoms with E-state index in [-0.39, 0.29) is 6.10 Å². The SMILES string of the molecule is C=Nc1cc(C(O)CC)sc1/C(=C\C)c1cc(Cl)cc2c1OC(c1onc3c1CN(C)CC3)C2. The number of nitrogens with zero attached hydrogens (tertiary/aromatic N) is 3. The second-order valence-corrected chi connectivity index (χ2v) is 10.4. The van der Waals surface area contributed by atoms with E-state index in [2.05, 4.69) is 28.8 Å². The molecule has 5 rings (SSSR count). The summed E-state index contributed by atoms with van der Waals surface area (Å²) in [5, 5.41) is 15.4. The largest absolute Gasteiger partial charge is 0.481 e. The fourth-order valence-electron chi connectivity index (χ4n) is 4.78. The molecular formula is C26H28ClN3O3S. The molecule has 0 radical (unpaired) electrons. The number of benzene rings is 1. The summed E-state index contributed by atoms with van der Waals surface area (Å²) in [6, 6.07) is 5.82. The number of aliphatic imine (C=N–C) groups is 1. The van der Waals surface area contributed by atoms with E-state index in [0.29, 0.717) is 17.9 Å². The quantitative estimate of drug-likeness (QED) is 0.406. The summed E-state index contributed by atoms with van der Waals surface area (Å²) >= 11 is 8.11. The second-order valence-electron chi connectivity index (χ2n) is 8.86. The summed E-state index contributed by atoms with van der Waals surface area (Å²) in [5.74, 6) is 1.61. The summed E-state index contributed by atoms with van der Waals surface area (Å²) < 4.78 is 12.4. The second kappa shape index (κ2) is 9.30. The van der Waals surface area contributed by atoms with Gasteiger partial charge in [-0.15, -0.1) is 11.3 Å². The minimum absolute atomic E-state index is 0.245. The lowest BCUT2D eigenvalue weighted by atomic mass is 9.97. The molecule has 0 bridgehead atoms. The van der Waals surface area contributed by atoms with Gasteiger partial charge in [0.2, 0.25) is 0 Å². The van der Waals surface area contributed by atoms with Crippen LogP contribution >= 0.6 is 22.9 Å². The van der Waals surface area contributed by atoms with Crippen LogP contribution in [0, 0.1) is 0 Å². The van der Waals surface area contributed by atoms with Gasteiger partial charge < -0.3 is 19.3 Å². The summed E-state index contributed by atoms with van der Waals surface area (Å²) in [4.78, 5) is 8.32. The summed E-state index contributed by atoms with van der Waals surface area (Å²) in [6.07, 6.45) is 3.45. The Morgan fingerprint density at radius 1 is 1.44 bits per heavy atom. The number of hydrogen-bond acceptors (Lipinski definition) is 7. The monoisotopic (exact) mass is 497 g/mol. The molecule has 2 unspecified atom stereocenters. The number of hydrogen-bond donors (Lipinski definition) is 1. The maximum atomic E-state index is 10.4. The van der Waals surface area contributed by atoms with Crippen LogP contribution in [0.4, 0.5) is 5.69 Å². The van der Waals surface area contributed by atoms with Gasteiger partial charge in [0.05, 0.1) is 22.4 Å². The molecule has 0 spiro atoms. The Morgan fingerprint density at radius 3 is 3.00 bits per heavy atom. The van der Waals surface area contributed by atoms with Crippen molar-refractivity contribution in [2.24, 2.45) is 4.99 Å². The normalized spacial score (nSPS) is 19.0. The molecule has 2 atom stereocenters. The third kappa shape index (κ3) is 4.01. The van der Waals surface area contributed by atoms with Gasteiger partial charge in [0.25, 0.3) is 0 Å². The topological polar surface area (TPSA) is 71.1 Å². The lowest BCUT2D eigenvalue weighted by Gasteiger charge is -2.22. The third-order valence-electron chi connectivity index (χ3n) is 6.59. The van der Waals surface area contributed by atoms with Crippen molar-refractivity contribution in [3.05, 3.63) is 67.2 Å². The van der Waals surface area contributed by atoms with Crippen LogP contribution in [0.15, 0.2) is 33.8 Å². The van der Waals surface area contributed by atoms with E-state index >= 15 is 0 Å². The summed E-state index contributed by atoms with van der Waals surface area (Å²) in [6.45, 7) is 9.48. The zero-order valence-corrected chi connectivity index (χ0v) is 21.2. The van der Waals surface area contributed by atoms with Gasteiger partial charge in [0.1, 0.15) is 5.75 Å². The van der Waals surface area contributed by atoms with Crippen LogP contribution in [0.3, 0.4) is 0 Å². The highest BCUT2D eigenvalue weighted by molar-refractivity contribution is 7.13. The van der Waals surface area contributed by atoms with Crippen LogP contribution in [-0.4, -0.2) is 35.5 Å². The summed E-state index contributed by atoms with van der Waals surface area (Å²) in [5.41, 5.74) is 5.82. The minimum Gasteiger partial charge on any atom is -0.481 e. The number of aromatic nitrogens is 1. The lowest BCUT2D eigenvalue weighted by Crippen LogP contribution is -2.27. The molecule has 1 N–H and O–H groups in total. The smallest absolute Gasteiger partial charge is 0.182 e. The van der Waals surface area contributed by atoms with Crippen molar-refractivity contribution >= 4 is 40.9 Å². The molecule has 2 aromatic heterocycles. The first kappa shape index (κ1) is 23.3. The van der Waals surface area contributed by atoms with Gasteiger partial charge in [-0.2, -0.15) is 0 Å². The number of rotatable bonds is 6. The van der Waals surface area contributed by atoms with Crippen LogP contribution in [0.1, 0.15) is 70.4 Å². The highest BCUT2D eigenvalue weighted by Crippen LogP contribution is 2.49. The number of thiophene rings is 1. The van der Waals surface area contributed by atoms with E-state index < -0.39 is 6.10 Å². The maximum Gasteiger partial charge on any atom is 0.182 e. The van der Waals surface area contributed by atoms with Crippen LogP contribution in [0.25, 0.3) is 5.57 Å². The van der Waals surface area contributed by atoms with Crippen LogP contribution < -0.4 is 4.74 Å². The Balaban J connectivity index is 1.54. The van der Waals surface area contributed by atoms with Crippen LogP contribution in [0.2, 0.25) is 5.02 Å². The van der Waals surface area contributed by atoms with Crippen molar-refractivity contribution in [3.63, 3.8) is 0 Å². The molecule has 8 heteroatoms. The molecule has 34 heavy (non-hydrogen) atoms. The molecule has 0 amide bonds. The lowest BCUT2D eigenvalue weighted by molar-refractivity contribution is 0.177. The van der Waals surface area contributed by atoms with Gasteiger partial charge in [0.15, 0.2) is 11.9 Å². The zero-order valence-electron chi connectivity index (χ0n) is 19.6. The third-order valence-corrected chi connectivity index (χ3v) is 8.06. The molecule has 1 aromatic carbocycles. The van der Waals surface area contributed by atoms with Crippen LogP contribution in [-0.2, 0) is 19.4 Å². The van der Waals surface area contributed by atoms with Crippen molar-refractivity contribution in [3.8, 4) is 5.75 Å². The fourth-order valence-corrected chi connectivity index (χ4v) is 6.29. The van der Waals surface area contributed by atoms with Crippen LogP contribution in [0.5, 0.6) is 5.75 Å². The average molecular weight is 498 g/mol. The van der Waals surface area contributed by atoms with Gasteiger partial charge in [-0.05, 0) is 45.3 Å². The Kier molecular flexibility index (Phi) is 6.37. The van der Waals surface area contributed by atoms with Crippen molar-refractivity contribution in [1.82, 2.24) is 10.1 Å². The maximum absolute atomic E-state index is 10.4. The minimum atomic E-state index is -0.529. The van der Waals surface area contributed by atoms with Gasteiger partial charge in [0, 0.05) is 58.1 Å². The van der Waals surface area contributed by atoms with Gasteiger partial charge in [-0.1, -0.05) is 29.8 Å². The fraction of sp³-hybridized carbons (Fsp3) is 0.385. The molecule has 0 aliphatic carbocycles. The molecule has 4 heterocycles. The van der Waals surface area contributed by atoms with Crippen molar-refractivity contribution < 1.29 is 14.4 Å². The molecule has 2 aliphatic rings. The van der Waals surface area contributed by atoms with E-state index in [1.807, 2.05) is 38.1 Å². The van der Waals surface area contributed by atoms with Gasteiger partial charge >= 0.3 is 0 Å². The first-order chi connectivity index (χ1) is 16.4. The first-order valence-electron chi connectivity index (χ1n) is 11.5. The Bertz CT molecular complexity index is 1280. The van der Waals surface area contributed by atoms with E-state index in [4.69, 9.17) is 20.9 Å². The predicted molar refractivity (Wildman–Crippen MR) is 137 cm³/mol. The highest BCUT2D eigenvalue weighted by Gasteiger charge is 2.35. The molecule has 0 fully saturated rings. The van der Waals surface area contributed by atoms with Gasteiger partial charge in [-0.3, -0.25) is 4.99 Å². The van der Waals surface area contributed by atoms with Crippen molar-refractivity contribution in [2.45, 2.75) is 51.9 Å². The number of allylic oxidation sites excluding steroid dienone is 1. The van der Waals surface area contributed by atoms with Gasteiger partial charge in [-0.25, -0.2) is 0 Å². The number of halogens is 1. The molecule has 3 aromatic rings. The summed E-state index contributed by atoms with van der Waals surface area (Å²) in [7, 11) is 2.11.